The maximum Gasteiger partial charge on any atom is 0.303 e. The second-order valence-corrected chi connectivity index (χ2v) is 5.31. The van der Waals surface area contributed by atoms with E-state index in [4.69, 9.17) is 27.5 Å². The number of terminal acetylenes is 1. The van der Waals surface area contributed by atoms with Crippen LogP contribution in [0.15, 0.2) is 36.5 Å². The molecule has 21 heavy (non-hydrogen) atoms. The van der Waals surface area contributed by atoms with Crippen molar-refractivity contribution in [3.05, 3.63) is 36.5 Å². The van der Waals surface area contributed by atoms with Gasteiger partial charge in [0, 0.05) is 13.3 Å². The highest BCUT2D eigenvalue weighted by Gasteiger charge is 2.38. The average Bonchev–Trinajstić information content (AvgIpc) is 2.82. The molecule has 0 aliphatic carbocycles. The summed E-state index contributed by atoms with van der Waals surface area (Å²) in [7, 11) is 0. The predicted molar refractivity (Wildman–Crippen MR) is 85.0 cm³/mol. The Morgan fingerprint density at radius 2 is 2.33 bits per heavy atom. The Hall–Kier alpha value is -1.50. The van der Waals surface area contributed by atoms with Crippen molar-refractivity contribution in [1.29, 1.82) is 0 Å². The fourth-order valence-corrected chi connectivity index (χ4v) is 2.41. The van der Waals surface area contributed by atoms with Gasteiger partial charge in [0.2, 0.25) is 0 Å². The number of hydrogen-bond acceptors (Lipinski definition) is 3. The van der Waals surface area contributed by atoms with E-state index in [0.717, 1.165) is 0 Å². The summed E-state index contributed by atoms with van der Waals surface area (Å²) < 4.78 is 11.2. The SMILES string of the molecule is C#C/C=C\CC(Cl)[C@@H]1C[C@H](OC(C)=O)[C@@H](/C=C\C=C\C)O1. The lowest BCUT2D eigenvalue weighted by Crippen LogP contribution is -2.24. The van der Waals surface area contributed by atoms with Crippen LogP contribution in [0.1, 0.15) is 26.7 Å². The first-order valence-electron chi connectivity index (χ1n) is 6.95. The van der Waals surface area contributed by atoms with Crippen LogP contribution in [0.4, 0.5) is 0 Å². The quantitative estimate of drug-likeness (QED) is 0.326. The molecule has 4 atom stereocenters. The summed E-state index contributed by atoms with van der Waals surface area (Å²) in [6.07, 6.45) is 16.7. The molecule has 0 aromatic carbocycles. The average molecular weight is 309 g/mol. The summed E-state index contributed by atoms with van der Waals surface area (Å²) in [6.45, 7) is 3.33. The van der Waals surface area contributed by atoms with E-state index in [-0.39, 0.29) is 29.7 Å². The number of halogens is 1. The van der Waals surface area contributed by atoms with Crippen LogP contribution >= 0.6 is 11.6 Å². The van der Waals surface area contributed by atoms with E-state index in [0.29, 0.717) is 12.8 Å². The van der Waals surface area contributed by atoms with Crippen LogP contribution < -0.4 is 0 Å². The van der Waals surface area contributed by atoms with E-state index in [1.165, 1.54) is 6.92 Å². The molecule has 3 nitrogen and oxygen atoms in total. The lowest BCUT2D eigenvalue weighted by atomic mass is 10.1. The molecular formula is C17H21ClO3. The first kappa shape index (κ1) is 17.6. The van der Waals surface area contributed by atoms with Gasteiger partial charge in [-0.15, -0.1) is 18.0 Å². The number of esters is 1. The number of carbonyl (C=O) groups is 1. The van der Waals surface area contributed by atoms with Gasteiger partial charge in [-0.05, 0) is 19.4 Å². The minimum atomic E-state index is -0.313. The van der Waals surface area contributed by atoms with Gasteiger partial charge in [0.25, 0.3) is 0 Å². The third kappa shape index (κ3) is 6.20. The highest BCUT2D eigenvalue weighted by molar-refractivity contribution is 6.21. The Morgan fingerprint density at radius 1 is 1.57 bits per heavy atom. The highest BCUT2D eigenvalue weighted by Crippen LogP contribution is 2.30. The number of ether oxygens (including phenoxy) is 2. The fourth-order valence-electron chi connectivity index (χ4n) is 2.14. The van der Waals surface area contributed by atoms with Crippen molar-refractivity contribution < 1.29 is 14.3 Å². The van der Waals surface area contributed by atoms with Crippen LogP contribution in [0.2, 0.25) is 0 Å². The Bertz CT molecular complexity index is 459. The molecule has 4 heteroatoms. The van der Waals surface area contributed by atoms with Gasteiger partial charge in [-0.2, -0.15) is 0 Å². The molecule has 1 saturated heterocycles. The largest absolute Gasteiger partial charge is 0.459 e. The Morgan fingerprint density at radius 3 is 2.95 bits per heavy atom. The van der Waals surface area contributed by atoms with Crippen LogP contribution in [-0.4, -0.2) is 29.7 Å². The van der Waals surface area contributed by atoms with Gasteiger partial charge >= 0.3 is 5.97 Å². The maximum absolute atomic E-state index is 11.2. The Kier molecular flexibility index (Phi) is 7.89. The van der Waals surface area contributed by atoms with E-state index in [1.54, 1.807) is 6.08 Å². The topological polar surface area (TPSA) is 35.5 Å². The van der Waals surface area contributed by atoms with Crippen molar-refractivity contribution in [2.24, 2.45) is 0 Å². The Labute approximate surface area is 131 Å². The maximum atomic E-state index is 11.2. The zero-order chi connectivity index (χ0) is 15.7. The van der Waals surface area contributed by atoms with Gasteiger partial charge in [0.05, 0.1) is 11.5 Å². The molecule has 1 rings (SSSR count). The molecule has 0 spiro atoms. The Balaban J connectivity index is 2.67. The second-order valence-electron chi connectivity index (χ2n) is 4.75. The van der Waals surface area contributed by atoms with Crippen molar-refractivity contribution in [2.75, 3.05) is 0 Å². The molecule has 0 bridgehead atoms. The minimum absolute atomic E-state index is 0.168. The standard InChI is InChI=1S/C17H21ClO3/c1-4-6-8-10-14(18)16-12-17(20-13(3)19)15(21-16)11-9-7-5-2/h1,5-9,11,14-17H,10,12H2,2-3H3/b7-5+,8-6-,11-9-/t14?,15-,16+,17+/m1/s1. The molecule has 0 radical (unpaired) electrons. The van der Waals surface area contributed by atoms with Crippen molar-refractivity contribution in [3.63, 3.8) is 0 Å². The van der Waals surface area contributed by atoms with Crippen LogP contribution in [0.5, 0.6) is 0 Å². The van der Waals surface area contributed by atoms with E-state index < -0.39 is 0 Å². The molecule has 0 amide bonds. The molecule has 1 aliphatic rings. The number of carbonyl (C=O) groups excluding carboxylic acids is 1. The zero-order valence-corrected chi connectivity index (χ0v) is 13.1. The molecule has 1 unspecified atom stereocenters. The molecule has 0 aromatic heterocycles. The van der Waals surface area contributed by atoms with Gasteiger partial charge in [0.15, 0.2) is 0 Å². The third-order valence-corrected chi connectivity index (χ3v) is 3.52. The van der Waals surface area contributed by atoms with Gasteiger partial charge < -0.3 is 9.47 Å². The van der Waals surface area contributed by atoms with E-state index in [1.807, 2.05) is 37.3 Å². The summed E-state index contributed by atoms with van der Waals surface area (Å²) in [4.78, 5) is 11.2. The summed E-state index contributed by atoms with van der Waals surface area (Å²) in [5.41, 5.74) is 0. The van der Waals surface area contributed by atoms with Gasteiger partial charge in [-0.25, -0.2) is 0 Å². The normalized spacial score (nSPS) is 27.4. The van der Waals surface area contributed by atoms with Crippen molar-refractivity contribution >= 4 is 17.6 Å². The van der Waals surface area contributed by atoms with Gasteiger partial charge in [-0.3, -0.25) is 4.79 Å². The second kappa shape index (κ2) is 9.44. The van der Waals surface area contributed by atoms with Crippen LogP contribution in [-0.2, 0) is 14.3 Å². The lowest BCUT2D eigenvalue weighted by Gasteiger charge is -2.15. The number of alkyl halides is 1. The lowest BCUT2D eigenvalue weighted by molar-refractivity contribution is -0.147. The first-order valence-corrected chi connectivity index (χ1v) is 7.39. The minimum Gasteiger partial charge on any atom is -0.459 e. The van der Waals surface area contributed by atoms with Crippen LogP contribution in [0, 0.1) is 12.3 Å². The predicted octanol–water partition coefficient (Wildman–Crippen LogP) is 3.39. The summed E-state index contributed by atoms with van der Waals surface area (Å²) >= 11 is 6.33. The number of rotatable bonds is 6. The molecule has 0 N–H and O–H groups in total. The van der Waals surface area contributed by atoms with Crippen molar-refractivity contribution in [2.45, 2.75) is 50.4 Å². The van der Waals surface area contributed by atoms with Crippen LogP contribution in [0.3, 0.4) is 0 Å². The van der Waals surface area contributed by atoms with E-state index in [2.05, 4.69) is 5.92 Å². The molecule has 0 saturated carbocycles. The zero-order valence-electron chi connectivity index (χ0n) is 12.4. The molecule has 1 fully saturated rings. The fraction of sp³-hybridized carbons (Fsp3) is 0.471. The summed E-state index contributed by atoms with van der Waals surface area (Å²) in [5, 5.41) is -0.201. The monoisotopic (exact) mass is 308 g/mol. The molecule has 1 aliphatic heterocycles. The first-order chi connectivity index (χ1) is 10.1. The molecule has 114 valence electrons. The molecule has 0 aromatic rings. The van der Waals surface area contributed by atoms with Crippen molar-refractivity contribution in [3.8, 4) is 12.3 Å². The molecule has 1 heterocycles. The third-order valence-electron chi connectivity index (χ3n) is 3.06. The molecular weight excluding hydrogens is 288 g/mol. The van der Waals surface area contributed by atoms with Crippen LogP contribution in [0.25, 0.3) is 0 Å². The highest BCUT2D eigenvalue weighted by atomic mass is 35.5. The smallest absolute Gasteiger partial charge is 0.303 e. The number of allylic oxidation sites excluding steroid dienone is 5. The van der Waals surface area contributed by atoms with Gasteiger partial charge in [0.1, 0.15) is 12.2 Å². The van der Waals surface area contributed by atoms with E-state index >= 15 is 0 Å². The van der Waals surface area contributed by atoms with Gasteiger partial charge in [-0.1, -0.05) is 36.3 Å². The number of hydrogen-bond donors (Lipinski definition) is 0. The van der Waals surface area contributed by atoms with E-state index in [9.17, 15) is 4.79 Å². The summed E-state index contributed by atoms with van der Waals surface area (Å²) in [6, 6.07) is 0. The van der Waals surface area contributed by atoms with Crippen molar-refractivity contribution in [1.82, 2.24) is 0 Å². The summed E-state index contributed by atoms with van der Waals surface area (Å²) in [5.74, 6) is 2.11.